The number of methoxy groups -OCH3 is 1. The first-order valence-electron chi connectivity index (χ1n) is 6.21. The number of piperidine rings is 1. The van der Waals surface area contributed by atoms with Gasteiger partial charge >= 0.3 is 0 Å². The fourth-order valence-corrected chi connectivity index (χ4v) is 2.14. The molecule has 1 aliphatic rings. The molecule has 16 heavy (non-hydrogen) atoms. The first kappa shape index (κ1) is 13.9. The molecule has 4 heteroatoms. The average Bonchev–Trinajstić information content (AvgIpc) is 2.35. The van der Waals surface area contributed by atoms with Crippen molar-refractivity contribution in [2.24, 2.45) is 5.41 Å². The predicted octanol–water partition coefficient (Wildman–Crippen LogP) is 0.792. The Bertz CT molecular complexity index is 170. The highest BCUT2D eigenvalue weighted by Crippen LogP contribution is 2.31. The van der Waals surface area contributed by atoms with Crippen LogP contribution in [0.4, 0.5) is 0 Å². The van der Waals surface area contributed by atoms with Gasteiger partial charge in [0.25, 0.3) is 0 Å². The molecule has 0 aromatic rings. The number of hydrogen-bond donors (Lipinski definition) is 2. The van der Waals surface area contributed by atoms with Gasteiger partial charge in [0, 0.05) is 33.5 Å². The molecule has 96 valence electrons. The zero-order chi connectivity index (χ0) is 11.7. The fraction of sp³-hybridized carbons (Fsp3) is 1.00. The summed E-state index contributed by atoms with van der Waals surface area (Å²) in [6.07, 6.45) is 4.04. The summed E-state index contributed by atoms with van der Waals surface area (Å²) in [6.45, 7) is 4.59. The van der Waals surface area contributed by atoms with Crippen molar-refractivity contribution in [3.8, 4) is 0 Å². The minimum Gasteiger partial charge on any atom is -0.396 e. The average molecular weight is 231 g/mol. The van der Waals surface area contributed by atoms with E-state index < -0.39 is 0 Å². The molecule has 0 bridgehead atoms. The van der Waals surface area contributed by atoms with Crippen molar-refractivity contribution in [1.82, 2.24) is 5.32 Å². The molecule has 2 N–H and O–H groups in total. The normalized spacial score (nSPS) is 19.9. The molecule has 0 atom stereocenters. The minimum absolute atomic E-state index is 0.104. The third-order valence-corrected chi connectivity index (χ3v) is 3.41. The molecular weight excluding hydrogens is 206 g/mol. The fourth-order valence-electron chi connectivity index (χ4n) is 2.14. The SMILES string of the molecule is COCCCOCCC1(CO)CCNCC1. The minimum atomic E-state index is 0.104. The van der Waals surface area contributed by atoms with E-state index in [0.29, 0.717) is 0 Å². The van der Waals surface area contributed by atoms with Crippen LogP contribution in [0.1, 0.15) is 25.7 Å². The zero-order valence-corrected chi connectivity index (χ0v) is 10.3. The number of hydrogen-bond acceptors (Lipinski definition) is 4. The van der Waals surface area contributed by atoms with Crippen LogP contribution >= 0.6 is 0 Å². The Labute approximate surface area is 98.3 Å². The van der Waals surface area contributed by atoms with Gasteiger partial charge in [0.05, 0.1) is 0 Å². The quantitative estimate of drug-likeness (QED) is 0.607. The number of nitrogens with one attached hydrogen (secondary N) is 1. The molecular formula is C12H25NO3. The van der Waals surface area contributed by atoms with Crippen LogP contribution in [-0.4, -0.2) is 51.7 Å². The van der Waals surface area contributed by atoms with Crippen LogP contribution in [0.3, 0.4) is 0 Å². The largest absolute Gasteiger partial charge is 0.396 e. The van der Waals surface area contributed by atoms with Crippen LogP contribution in [0.15, 0.2) is 0 Å². The lowest BCUT2D eigenvalue weighted by atomic mass is 9.77. The number of rotatable bonds is 8. The Hall–Kier alpha value is -0.160. The van der Waals surface area contributed by atoms with Gasteiger partial charge in [0.1, 0.15) is 0 Å². The van der Waals surface area contributed by atoms with Gasteiger partial charge in [0.15, 0.2) is 0 Å². The maximum atomic E-state index is 9.48. The molecule has 1 saturated heterocycles. The summed E-state index contributed by atoms with van der Waals surface area (Å²) < 4.78 is 10.5. The maximum Gasteiger partial charge on any atom is 0.0489 e. The molecule has 0 aromatic heterocycles. The summed E-state index contributed by atoms with van der Waals surface area (Å²) in [5.41, 5.74) is 0.104. The van der Waals surface area contributed by atoms with Crippen molar-refractivity contribution < 1.29 is 14.6 Å². The summed E-state index contributed by atoms with van der Waals surface area (Å²) >= 11 is 0. The van der Waals surface area contributed by atoms with Gasteiger partial charge < -0.3 is 19.9 Å². The topological polar surface area (TPSA) is 50.7 Å². The molecule has 0 aliphatic carbocycles. The summed E-state index contributed by atoms with van der Waals surface area (Å²) in [7, 11) is 1.70. The smallest absolute Gasteiger partial charge is 0.0489 e. The second kappa shape index (κ2) is 8.01. The van der Waals surface area contributed by atoms with Gasteiger partial charge in [-0.2, -0.15) is 0 Å². The highest BCUT2D eigenvalue weighted by Gasteiger charge is 2.30. The lowest BCUT2D eigenvalue weighted by Crippen LogP contribution is -2.39. The van der Waals surface area contributed by atoms with Gasteiger partial charge in [-0.05, 0) is 44.2 Å². The van der Waals surface area contributed by atoms with E-state index in [0.717, 1.165) is 58.6 Å². The van der Waals surface area contributed by atoms with E-state index in [9.17, 15) is 5.11 Å². The van der Waals surface area contributed by atoms with Crippen molar-refractivity contribution in [3.05, 3.63) is 0 Å². The highest BCUT2D eigenvalue weighted by atomic mass is 16.5. The van der Waals surface area contributed by atoms with Gasteiger partial charge in [-0.15, -0.1) is 0 Å². The molecule has 1 fully saturated rings. The Morgan fingerprint density at radius 3 is 2.56 bits per heavy atom. The van der Waals surface area contributed by atoms with Crippen LogP contribution in [0.25, 0.3) is 0 Å². The molecule has 1 rings (SSSR count). The number of ether oxygens (including phenoxy) is 2. The zero-order valence-electron chi connectivity index (χ0n) is 10.3. The van der Waals surface area contributed by atoms with Crippen molar-refractivity contribution >= 4 is 0 Å². The standard InChI is InChI=1S/C12H25NO3/c1-15-8-2-9-16-10-5-12(11-14)3-6-13-7-4-12/h13-14H,2-11H2,1H3. The van der Waals surface area contributed by atoms with Crippen molar-refractivity contribution in [2.45, 2.75) is 25.7 Å². The molecule has 0 unspecified atom stereocenters. The van der Waals surface area contributed by atoms with E-state index in [4.69, 9.17) is 9.47 Å². The Morgan fingerprint density at radius 2 is 1.94 bits per heavy atom. The predicted molar refractivity (Wildman–Crippen MR) is 63.6 cm³/mol. The van der Waals surface area contributed by atoms with Crippen LogP contribution in [0, 0.1) is 5.41 Å². The molecule has 0 spiro atoms. The van der Waals surface area contributed by atoms with E-state index in [-0.39, 0.29) is 12.0 Å². The highest BCUT2D eigenvalue weighted by molar-refractivity contribution is 4.83. The van der Waals surface area contributed by atoms with E-state index in [1.54, 1.807) is 7.11 Å². The van der Waals surface area contributed by atoms with Crippen LogP contribution < -0.4 is 5.32 Å². The van der Waals surface area contributed by atoms with Gasteiger partial charge in [0.2, 0.25) is 0 Å². The Morgan fingerprint density at radius 1 is 1.19 bits per heavy atom. The van der Waals surface area contributed by atoms with Crippen molar-refractivity contribution in [3.63, 3.8) is 0 Å². The van der Waals surface area contributed by atoms with Gasteiger partial charge in [-0.3, -0.25) is 0 Å². The monoisotopic (exact) mass is 231 g/mol. The summed E-state index contributed by atoms with van der Waals surface area (Å²) in [6, 6.07) is 0. The molecule has 0 radical (unpaired) electrons. The molecule has 0 aromatic carbocycles. The molecule has 0 amide bonds. The first-order valence-corrected chi connectivity index (χ1v) is 6.21. The van der Waals surface area contributed by atoms with Crippen LogP contribution in [0.2, 0.25) is 0 Å². The summed E-state index contributed by atoms with van der Waals surface area (Å²) in [4.78, 5) is 0. The lowest BCUT2D eigenvalue weighted by Gasteiger charge is -2.35. The van der Waals surface area contributed by atoms with Gasteiger partial charge in [-0.25, -0.2) is 0 Å². The van der Waals surface area contributed by atoms with Crippen LogP contribution in [-0.2, 0) is 9.47 Å². The second-order valence-electron chi connectivity index (χ2n) is 4.62. The van der Waals surface area contributed by atoms with Crippen LogP contribution in [0.5, 0.6) is 0 Å². The van der Waals surface area contributed by atoms with Crippen molar-refractivity contribution in [1.29, 1.82) is 0 Å². The summed E-state index contributed by atoms with van der Waals surface area (Å²) in [5, 5.41) is 12.8. The molecule has 0 saturated carbocycles. The number of aliphatic hydroxyl groups is 1. The third-order valence-electron chi connectivity index (χ3n) is 3.41. The van der Waals surface area contributed by atoms with E-state index in [1.807, 2.05) is 0 Å². The third kappa shape index (κ3) is 4.78. The van der Waals surface area contributed by atoms with Gasteiger partial charge in [-0.1, -0.05) is 0 Å². The molecule has 1 heterocycles. The first-order chi connectivity index (χ1) is 7.83. The van der Waals surface area contributed by atoms with E-state index in [1.165, 1.54) is 0 Å². The molecule has 4 nitrogen and oxygen atoms in total. The van der Waals surface area contributed by atoms with Crippen molar-refractivity contribution in [2.75, 3.05) is 46.6 Å². The Balaban J connectivity index is 2.08. The maximum absolute atomic E-state index is 9.48. The summed E-state index contributed by atoms with van der Waals surface area (Å²) in [5.74, 6) is 0. The second-order valence-corrected chi connectivity index (χ2v) is 4.62. The number of aliphatic hydroxyl groups excluding tert-OH is 1. The Kier molecular flexibility index (Phi) is 6.96. The lowest BCUT2D eigenvalue weighted by molar-refractivity contribution is 0.0314. The van der Waals surface area contributed by atoms with E-state index in [2.05, 4.69) is 5.32 Å². The van der Waals surface area contributed by atoms with E-state index >= 15 is 0 Å². The molecule has 1 aliphatic heterocycles.